The molecule has 5 nitrogen and oxygen atoms in total. The first-order chi connectivity index (χ1) is 7.53. The van der Waals surface area contributed by atoms with E-state index < -0.39 is 10.0 Å². The van der Waals surface area contributed by atoms with Crippen molar-refractivity contribution in [2.24, 2.45) is 0 Å². The van der Waals surface area contributed by atoms with Gasteiger partial charge in [-0.15, -0.1) is 0 Å². The zero-order valence-corrected chi connectivity index (χ0v) is 9.70. The van der Waals surface area contributed by atoms with Gasteiger partial charge in [-0.25, -0.2) is 13.1 Å². The smallest absolute Gasteiger partial charge is 0.215 e. The maximum absolute atomic E-state index is 11.6. The fourth-order valence-electron chi connectivity index (χ4n) is 1.26. The van der Waals surface area contributed by atoms with E-state index >= 15 is 0 Å². The first-order valence-corrected chi connectivity index (χ1v) is 6.61. The largest absolute Gasteiger partial charge is 0.399 e. The van der Waals surface area contributed by atoms with Crippen LogP contribution in [0.15, 0.2) is 24.3 Å². The van der Waals surface area contributed by atoms with Gasteiger partial charge in [0.15, 0.2) is 0 Å². The fraction of sp³-hybridized carbons (Fsp3) is 0.400. The minimum absolute atomic E-state index is 0.0270. The predicted molar refractivity (Wildman–Crippen MR) is 63.2 cm³/mol. The number of nitrogens with two attached hydrogens (primary N) is 1. The van der Waals surface area contributed by atoms with Crippen molar-refractivity contribution >= 4 is 15.7 Å². The molecule has 0 spiro atoms. The summed E-state index contributed by atoms with van der Waals surface area (Å²) in [5.74, 6) is -0.0938. The van der Waals surface area contributed by atoms with Crippen LogP contribution in [0.4, 0.5) is 5.69 Å². The lowest BCUT2D eigenvalue weighted by Gasteiger charge is -2.06. The third kappa shape index (κ3) is 4.61. The van der Waals surface area contributed by atoms with Crippen molar-refractivity contribution in [1.82, 2.24) is 4.72 Å². The van der Waals surface area contributed by atoms with Crippen LogP contribution in [0.2, 0.25) is 0 Å². The topological polar surface area (TPSA) is 92.4 Å². The van der Waals surface area contributed by atoms with Crippen LogP contribution in [0.25, 0.3) is 0 Å². The molecule has 0 aliphatic heterocycles. The van der Waals surface area contributed by atoms with Gasteiger partial charge in [-0.05, 0) is 24.1 Å². The Morgan fingerprint density at radius 3 is 2.75 bits per heavy atom. The van der Waals surface area contributed by atoms with Gasteiger partial charge in [-0.1, -0.05) is 12.1 Å². The second-order valence-corrected chi connectivity index (χ2v) is 5.28. The Morgan fingerprint density at radius 1 is 1.38 bits per heavy atom. The summed E-state index contributed by atoms with van der Waals surface area (Å²) >= 11 is 0. The van der Waals surface area contributed by atoms with Gasteiger partial charge in [0.25, 0.3) is 0 Å². The summed E-state index contributed by atoms with van der Waals surface area (Å²) in [6, 6.07) is 6.76. The van der Waals surface area contributed by atoms with Crippen molar-refractivity contribution < 1.29 is 13.5 Å². The summed E-state index contributed by atoms with van der Waals surface area (Å²) in [6.45, 7) is 0.224. The van der Waals surface area contributed by atoms with Gasteiger partial charge in [0.2, 0.25) is 10.0 Å². The van der Waals surface area contributed by atoms with E-state index in [1.807, 2.05) is 0 Å². The van der Waals surface area contributed by atoms with Crippen molar-refractivity contribution in [2.45, 2.75) is 12.2 Å². The Morgan fingerprint density at radius 2 is 2.12 bits per heavy atom. The minimum Gasteiger partial charge on any atom is -0.399 e. The van der Waals surface area contributed by atoms with Crippen molar-refractivity contribution in [1.29, 1.82) is 0 Å². The summed E-state index contributed by atoms with van der Waals surface area (Å²) in [7, 11) is -3.34. The summed E-state index contributed by atoms with van der Waals surface area (Å²) in [6.07, 6.45) is 0.413. The number of rotatable bonds is 6. The number of hydrogen-bond donors (Lipinski definition) is 3. The molecule has 1 aromatic carbocycles. The lowest BCUT2D eigenvalue weighted by molar-refractivity contribution is 0.289. The third-order valence-corrected chi connectivity index (χ3v) is 3.32. The zero-order chi connectivity index (χ0) is 12.0. The Kier molecular flexibility index (Phi) is 4.72. The second kappa shape index (κ2) is 5.83. The highest BCUT2D eigenvalue weighted by Gasteiger charge is 2.10. The number of aliphatic hydroxyl groups is 1. The maximum atomic E-state index is 11.6. The Balaban J connectivity index is 2.59. The van der Waals surface area contributed by atoms with Gasteiger partial charge in [0, 0.05) is 18.8 Å². The molecule has 0 aromatic heterocycles. The summed E-state index contributed by atoms with van der Waals surface area (Å²) in [4.78, 5) is 0. The summed E-state index contributed by atoms with van der Waals surface area (Å²) < 4.78 is 25.5. The van der Waals surface area contributed by atoms with Crippen LogP contribution in [0.1, 0.15) is 12.0 Å². The normalized spacial score (nSPS) is 11.6. The second-order valence-electron chi connectivity index (χ2n) is 3.48. The third-order valence-electron chi connectivity index (χ3n) is 1.96. The first kappa shape index (κ1) is 13.0. The maximum Gasteiger partial charge on any atom is 0.215 e. The molecule has 0 atom stereocenters. The monoisotopic (exact) mass is 244 g/mol. The van der Waals surface area contributed by atoms with Crippen molar-refractivity contribution in [3.63, 3.8) is 0 Å². The van der Waals surface area contributed by atoms with Crippen molar-refractivity contribution in [3.8, 4) is 0 Å². The van der Waals surface area contributed by atoms with E-state index in [0.29, 0.717) is 17.7 Å². The number of sulfonamides is 1. The summed E-state index contributed by atoms with van der Waals surface area (Å²) in [5.41, 5.74) is 6.74. The summed E-state index contributed by atoms with van der Waals surface area (Å²) in [5, 5.41) is 8.54. The molecule has 0 fully saturated rings. The number of hydrogen-bond acceptors (Lipinski definition) is 4. The van der Waals surface area contributed by atoms with E-state index in [-0.39, 0.29) is 18.9 Å². The number of aliphatic hydroxyl groups excluding tert-OH is 1. The fourth-order valence-corrected chi connectivity index (χ4v) is 2.44. The molecule has 0 aliphatic rings. The molecule has 6 heteroatoms. The van der Waals surface area contributed by atoms with Crippen molar-refractivity contribution in [3.05, 3.63) is 29.8 Å². The zero-order valence-electron chi connectivity index (χ0n) is 8.89. The van der Waals surface area contributed by atoms with E-state index in [1.54, 1.807) is 24.3 Å². The molecule has 0 aliphatic carbocycles. The average Bonchev–Trinajstić information content (AvgIpc) is 2.17. The highest BCUT2D eigenvalue weighted by atomic mass is 32.2. The highest BCUT2D eigenvalue weighted by Crippen LogP contribution is 2.09. The molecule has 0 bridgehead atoms. The van der Waals surface area contributed by atoms with E-state index in [1.165, 1.54) is 0 Å². The number of nitrogens with one attached hydrogen (secondary N) is 1. The number of nitrogen functional groups attached to an aromatic ring is 1. The number of benzene rings is 1. The molecule has 16 heavy (non-hydrogen) atoms. The van der Waals surface area contributed by atoms with Crippen LogP contribution in [0, 0.1) is 0 Å². The van der Waals surface area contributed by atoms with Gasteiger partial charge in [0.1, 0.15) is 0 Å². The van der Waals surface area contributed by atoms with Gasteiger partial charge < -0.3 is 10.8 Å². The lowest BCUT2D eigenvalue weighted by atomic mass is 10.2. The highest BCUT2D eigenvalue weighted by molar-refractivity contribution is 7.88. The van der Waals surface area contributed by atoms with Gasteiger partial charge >= 0.3 is 0 Å². The van der Waals surface area contributed by atoms with E-state index in [2.05, 4.69) is 4.72 Å². The average molecular weight is 244 g/mol. The molecular weight excluding hydrogens is 228 g/mol. The Labute approximate surface area is 95.3 Å². The molecule has 1 aromatic rings. The van der Waals surface area contributed by atoms with E-state index in [4.69, 9.17) is 10.8 Å². The molecule has 0 radical (unpaired) electrons. The molecular formula is C10H16N2O3S. The molecule has 0 saturated carbocycles. The Hall–Kier alpha value is -1.11. The predicted octanol–water partition coefficient (Wildman–Crippen LogP) is 0.0706. The lowest BCUT2D eigenvalue weighted by Crippen LogP contribution is -2.26. The van der Waals surface area contributed by atoms with Crippen LogP contribution in [0.3, 0.4) is 0 Å². The van der Waals surface area contributed by atoms with E-state index in [0.717, 1.165) is 0 Å². The molecule has 0 amide bonds. The molecule has 90 valence electrons. The first-order valence-electron chi connectivity index (χ1n) is 4.96. The van der Waals surface area contributed by atoms with E-state index in [9.17, 15) is 8.42 Å². The number of anilines is 1. The molecule has 1 rings (SSSR count). The van der Waals surface area contributed by atoms with Crippen LogP contribution < -0.4 is 10.5 Å². The van der Waals surface area contributed by atoms with Crippen molar-refractivity contribution in [2.75, 3.05) is 18.9 Å². The van der Waals surface area contributed by atoms with Crippen LogP contribution in [0.5, 0.6) is 0 Å². The molecule has 0 saturated heterocycles. The van der Waals surface area contributed by atoms with Gasteiger partial charge in [-0.2, -0.15) is 0 Å². The van der Waals surface area contributed by atoms with Crippen LogP contribution in [-0.2, 0) is 15.8 Å². The molecule has 4 N–H and O–H groups in total. The molecule has 0 heterocycles. The van der Waals surface area contributed by atoms with Crippen LogP contribution >= 0.6 is 0 Å². The SMILES string of the molecule is Nc1cccc(CS(=O)(=O)NCCCO)c1. The molecule has 0 unspecified atom stereocenters. The van der Waals surface area contributed by atoms with Gasteiger partial charge in [-0.3, -0.25) is 0 Å². The van der Waals surface area contributed by atoms with Gasteiger partial charge in [0.05, 0.1) is 5.75 Å². The standard InChI is InChI=1S/C10H16N2O3S/c11-10-4-1-3-9(7-10)8-16(14,15)12-5-2-6-13/h1,3-4,7,12-13H,2,5-6,8,11H2. The minimum atomic E-state index is -3.34. The Bertz CT molecular complexity index is 431. The van der Waals surface area contributed by atoms with Crippen LogP contribution in [-0.4, -0.2) is 26.7 Å². The quantitative estimate of drug-likeness (QED) is 0.488.